The summed E-state index contributed by atoms with van der Waals surface area (Å²) in [6.07, 6.45) is 2.75. The fourth-order valence-corrected chi connectivity index (χ4v) is 5.39. The van der Waals surface area contributed by atoms with E-state index in [0.717, 1.165) is 35.9 Å². The van der Waals surface area contributed by atoms with E-state index in [1.54, 1.807) is 48.5 Å². The van der Waals surface area contributed by atoms with E-state index in [0.29, 0.717) is 17.3 Å². The monoisotopic (exact) mass is 526 g/mol. The molecule has 3 rings (SSSR count). The van der Waals surface area contributed by atoms with Gasteiger partial charge in [-0.1, -0.05) is 26.0 Å². The van der Waals surface area contributed by atoms with Gasteiger partial charge in [0.1, 0.15) is 0 Å². The van der Waals surface area contributed by atoms with Gasteiger partial charge in [-0.3, -0.25) is 9.52 Å². The lowest BCUT2D eigenvalue weighted by Crippen LogP contribution is -2.43. The molecule has 0 radical (unpaired) electrons. The van der Waals surface area contributed by atoms with E-state index in [-0.39, 0.29) is 16.6 Å². The number of benzene rings is 2. The summed E-state index contributed by atoms with van der Waals surface area (Å²) < 4.78 is 28.8. The van der Waals surface area contributed by atoms with Crippen molar-refractivity contribution in [2.75, 3.05) is 17.8 Å². The molecule has 1 fully saturated rings. The number of Topliss-reactive ketones (excluding diaryl/α,β-unsaturated/α-hetero) is 1. The molecular weight excluding hydrogens is 499 g/mol. The number of nitrogens with zero attached hydrogens (tertiary/aromatic N) is 1. The van der Waals surface area contributed by atoms with Crippen molar-refractivity contribution >= 4 is 44.1 Å². The molecule has 1 aliphatic heterocycles. The number of likely N-dealkylation sites (tertiary alicyclic amines) is 1. The highest BCUT2D eigenvalue weighted by molar-refractivity contribution is 14.1. The summed E-state index contributed by atoms with van der Waals surface area (Å²) in [6.45, 7) is 6.27. The van der Waals surface area contributed by atoms with Gasteiger partial charge in [0, 0.05) is 26.8 Å². The first-order valence-corrected chi connectivity index (χ1v) is 12.6. The molecule has 2 aromatic rings. The molecule has 2 unspecified atom stereocenters. The van der Waals surface area contributed by atoms with E-state index in [9.17, 15) is 13.2 Å². The maximum absolute atomic E-state index is 13.1. The van der Waals surface area contributed by atoms with Crippen molar-refractivity contribution in [1.29, 1.82) is 0 Å². The fourth-order valence-electron chi connectivity index (χ4n) is 3.98. The smallest absolute Gasteiger partial charge is 0.261 e. The number of rotatable bonds is 7. The minimum Gasteiger partial charge on any atom is -0.301 e. The van der Waals surface area contributed by atoms with Crippen molar-refractivity contribution in [1.82, 2.24) is 4.90 Å². The van der Waals surface area contributed by atoms with Gasteiger partial charge in [0.15, 0.2) is 5.78 Å². The number of carbonyl (C=O) groups excluding carboxylic acids is 1. The number of sulfonamides is 1. The third-order valence-electron chi connectivity index (χ3n) is 5.61. The molecule has 0 amide bonds. The highest BCUT2D eigenvalue weighted by Crippen LogP contribution is 2.28. The molecule has 7 heteroatoms. The van der Waals surface area contributed by atoms with Crippen molar-refractivity contribution in [3.05, 3.63) is 57.7 Å². The predicted molar refractivity (Wildman–Crippen MR) is 125 cm³/mol. The number of anilines is 1. The van der Waals surface area contributed by atoms with E-state index in [1.165, 1.54) is 0 Å². The normalized spacial score (nSPS) is 20.4. The average molecular weight is 526 g/mol. The molecule has 2 aromatic carbocycles. The Balaban J connectivity index is 1.75. The third kappa shape index (κ3) is 5.38. The summed E-state index contributed by atoms with van der Waals surface area (Å²) in [6, 6.07) is 13.9. The number of hydrogen-bond donors (Lipinski definition) is 1. The minimum absolute atomic E-state index is 0.00851. The van der Waals surface area contributed by atoms with Gasteiger partial charge in [0.05, 0.1) is 4.90 Å². The Hall–Kier alpha value is -1.45. The predicted octanol–water partition coefficient (Wildman–Crippen LogP) is 4.79. The number of hydrogen-bond acceptors (Lipinski definition) is 4. The van der Waals surface area contributed by atoms with Crippen molar-refractivity contribution in [2.24, 2.45) is 5.92 Å². The average Bonchev–Trinajstić information content (AvgIpc) is 2.72. The lowest BCUT2D eigenvalue weighted by Gasteiger charge is -2.38. The number of ketones is 1. The molecule has 0 aliphatic carbocycles. The van der Waals surface area contributed by atoms with E-state index in [2.05, 4.69) is 46.1 Å². The second-order valence-electron chi connectivity index (χ2n) is 7.42. The second kappa shape index (κ2) is 9.57. The molecule has 0 bridgehead atoms. The van der Waals surface area contributed by atoms with Crippen LogP contribution in [0.5, 0.6) is 0 Å². The number of nitrogens with one attached hydrogen (secondary N) is 1. The van der Waals surface area contributed by atoms with Crippen molar-refractivity contribution in [3.63, 3.8) is 0 Å². The quantitative estimate of drug-likeness (QED) is 0.417. The Labute approximate surface area is 187 Å². The number of halogens is 1. The SMILES string of the molecule is CCC1CC(C(=O)c2cccc(NS(=O)(=O)c3ccc(I)cc3)c2)CCN1CC. The molecular formula is C22H27IN2O3S. The van der Waals surface area contributed by atoms with Crippen LogP contribution in [0.2, 0.25) is 0 Å². The topological polar surface area (TPSA) is 66.5 Å². The van der Waals surface area contributed by atoms with Crippen LogP contribution in [0.25, 0.3) is 0 Å². The zero-order chi connectivity index (χ0) is 21.0. The van der Waals surface area contributed by atoms with Gasteiger partial charge < -0.3 is 4.90 Å². The van der Waals surface area contributed by atoms with Crippen LogP contribution in [-0.4, -0.2) is 38.2 Å². The highest BCUT2D eigenvalue weighted by Gasteiger charge is 2.31. The largest absolute Gasteiger partial charge is 0.301 e. The standard InChI is InChI=1S/C22H27IN2O3S/c1-3-20-15-17(12-13-25(20)4-2)22(26)16-6-5-7-19(14-16)24-29(27,28)21-10-8-18(23)9-11-21/h5-11,14,17,20,24H,3-4,12-13,15H2,1-2H3. The molecule has 29 heavy (non-hydrogen) atoms. The lowest BCUT2D eigenvalue weighted by atomic mass is 9.84. The van der Waals surface area contributed by atoms with Crippen LogP contribution < -0.4 is 4.72 Å². The first kappa shape index (κ1) is 22.2. The van der Waals surface area contributed by atoms with Crippen LogP contribution in [-0.2, 0) is 10.0 Å². The first-order valence-electron chi connectivity index (χ1n) is 10.0. The van der Waals surface area contributed by atoms with E-state index in [4.69, 9.17) is 0 Å². The molecule has 1 heterocycles. The Morgan fingerprint density at radius 3 is 2.55 bits per heavy atom. The summed E-state index contributed by atoms with van der Waals surface area (Å²) in [5, 5.41) is 0. The van der Waals surface area contributed by atoms with E-state index >= 15 is 0 Å². The number of carbonyl (C=O) groups is 1. The molecule has 0 spiro atoms. The third-order valence-corrected chi connectivity index (χ3v) is 7.73. The summed E-state index contributed by atoms with van der Waals surface area (Å²) >= 11 is 2.13. The van der Waals surface area contributed by atoms with Gasteiger partial charge in [-0.2, -0.15) is 0 Å². The highest BCUT2D eigenvalue weighted by atomic mass is 127. The van der Waals surface area contributed by atoms with Gasteiger partial charge in [0.25, 0.3) is 10.0 Å². The summed E-state index contributed by atoms with van der Waals surface area (Å²) in [7, 11) is -3.69. The van der Waals surface area contributed by atoms with Crippen LogP contribution in [0.1, 0.15) is 43.5 Å². The van der Waals surface area contributed by atoms with Crippen LogP contribution in [0.4, 0.5) is 5.69 Å². The molecule has 156 valence electrons. The molecule has 2 atom stereocenters. The summed E-state index contributed by atoms with van der Waals surface area (Å²) in [5.41, 5.74) is 0.977. The van der Waals surface area contributed by atoms with Crippen molar-refractivity contribution in [2.45, 2.75) is 44.0 Å². The molecule has 0 aromatic heterocycles. The Morgan fingerprint density at radius 2 is 1.90 bits per heavy atom. The fraction of sp³-hybridized carbons (Fsp3) is 0.409. The van der Waals surface area contributed by atoms with Crippen molar-refractivity contribution < 1.29 is 13.2 Å². The first-order chi connectivity index (χ1) is 13.8. The maximum Gasteiger partial charge on any atom is 0.261 e. The second-order valence-corrected chi connectivity index (χ2v) is 10.3. The Kier molecular flexibility index (Phi) is 7.34. The van der Waals surface area contributed by atoms with Crippen LogP contribution in [0.15, 0.2) is 53.4 Å². The zero-order valence-corrected chi connectivity index (χ0v) is 19.7. The van der Waals surface area contributed by atoms with E-state index < -0.39 is 10.0 Å². The molecule has 1 N–H and O–H groups in total. The Bertz CT molecular complexity index is 960. The van der Waals surface area contributed by atoms with Gasteiger partial charge in [-0.25, -0.2) is 8.42 Å². The van der Waals surface area contributed by atoms with Gasteiger partial charge in [-0.05, 0) is 91.3 Å². The zero-order valence-electron chi connectivity index (χ0n) is 16.8. The molecule has 1 aliphatic rings. The van der Waals surface area contributed by atoms with Gasteiger partial charge >= 0.3 is 0 Å². The molecule has 0 saturated carbocycles. The van der Waals surface area contributed by atoms with Crippen LogP contribution in [0.3, 0.4) is 0 Å². The molecule has 5 nitrogen and oxygen atoms in total. The van der Waals surface area contributed by atoms with Crippen LogP contribution >= 0.6 is 22.6 Å². The lowest BCUT2D eigenvalue weighted by molar-refractivity contribution is 0.0735. The van der Waals surface area contributed by atoms with Crippen LogP contribution in [0, 0.1) is 9.49 Å². The maximum atomic E-state index is 13.1. The summed E-state index contributed by atoms with van der Waals surface area (Å²) in [5.74, 6) is 0.0975. The van der Waals surface area contributed by atoms with E-state index in [1.807, 2.05) is 0 Å². The molecule has 1 saturated heterocycles. The van der Waals surface area contributed by atoms with Crippen molar-refractivity contribution in [3.8, 4) is 0 Å². The number of piperidine rings is 1. The minimum atomic E-state index is -3.69. The van der Waals surface area contributed by atoms with Gasteiger partial charge in [0.2, 0.25) is 0 Å². The Morgan fingerprint density at radius 1 is 1.17 bits per heavy atom. The summed E-state index contributed by atoms with van der Waals surface area (Å²) in [4.78, 5) is 15.7. The van der Waals surface area contributed by atoms with Gasteiger partial charge in [-0.15, -0.1) is 0 Å².